The summed E-state index contributed by atoms with van der Waals surface area (Å²) in [5.74, 6) is -15.8. The molecule has 0 unspecified atom stereocenters. The van der Waals surface area contributed by atoms with Crippen LogP contribution in [0, 0.1) is 13.8 Å². The molecule has 3 nitrogen and oxygen atoms in total. The normalized spacial score (nSPS) is 18.4. The second-order valence-corrected chi connectivity index (χ2v) is 10.0. The van der Waals surface area contributed by atoms with Crippen molar-refractivity contribution in [3.05, 3.63) is 63.7 Å². The Bertz CT molecular complexity index is 1610. The van der Waals surface area contributed by atoms with Crippen LogP contribution in [0.5, 0.6) is 5.75 Å². The lowest BCUT2D eigenvalue weighted by atomic mass is 9.91. The minimum absolute atomic E-state index is 0.0930. The highest BCUT2D eigenvalue weighted by Gasteiger charge is 2.80. The third-order valence-corrected chi connectivity index (χ3v) is 7.96. The van der Waals surface area contributed by atoms with Crippen molar-refractivity contribution in [2.45, 2.75) is 31.6 Å². The number of halogens is 6. The summed E-state index contributed by atoms with van der Waals surface area (Å²) in [4.78, 5) is 11.3. The van der Waals surface area contributed by atoms with Crippen molar-refractivity contribution in [1.29, 1.82) is 0 Å². The van der Waals surface area contributed by atoms with Gasteiger partial charge in [-0.2, -0.15) is 26.3 Å². The molecule has 0 N–H and O–H groups in total. The molecule has 4 aromatic rings. The maximum Gasteiger partial charge on any atom is 0.380 e. The van der Waals surface area contributed by atoms with Crippen LogP contribution in [0.3, 0.4) is 0 Å². The Morgan fingerprint density at radius 3 is 2.14 bits per heavy atom. The minimum Gasteiger partial charge on any atom is -0.497 e. The maximum atomic E-state index is 15.6. The Hall–Kier alpha value is -3.27. The number of hydrogen-bond donors (Lipinski definition) is 0. The van der Waals surface area contributed by atoms with Gasteiger partial charge in [0.05, 0.1) is 7.11 Å². The molecular formula is C26H19F6NO2S. The molecule has 0 amide bonds. The van der Waals surface area contributed by atoms with E-state index in [0.717, 1.165) is 11.3 Å². The predicted molar refractivity (Wildman–Crippen MR) is 128 cm³/mol. The number of aromatic nitrogens is 1. The Kier molecular flexibility index (Phi) is 5.17. The maximum absolute atomic E-state index is 15.6. The van der Waals surface area contributed by atoms with Gasteiger partial charge in [-0.1, -0.05) is 12.1 Å². The number of benzene rings is 2. The third-order valence-electron chi connectivity index (χ3n) is 6.89. The first kappa shape index (κ1) is 24.4. The molecule has 0 atom stereocenters. The van der Waals surface area contributed by atoms with E-state index >= 15 is 17.6 Å². The molecule has 2 aromatic heterocycles. The van der Waals surface area contributed by atoms with E-state index in [-0.39, 0.29) is 43.8 Å². The smallest absolute Gasteiger partial charge is 0.380 e. The number of hydrogen-bond acceptors (Lipinski definition) is 3. The molecule has 10 heteroatoms. The van der Waals surface area contributed by atoms with Crippen molar-refractivity contribution < 1.29 is 35.9 Å². The lowest BCUT2D eigenvalue weighted by Gasteiger charge is -2.26. The lowest BCUT2D eigenvalue weighted by Crippen LogP contribution is -2.49. The molecule has 2 heterocycles. The van der Waals surface area contributed by atoms with Crippen LogP contribution in [0.4, 0.5) is 26.3 Å². The van der Waals surface area contributed by atoms with Gasteiger partial charge in [0.2, 0.25) is 0 Å². The first-order chi connectivity index (χ1) is 16.8. The number of alkyl halides is 6. The van der Waals surface area contributed by atoms with Gasteiger partial charge < -0.3 is 9.30 Å². The van der Waals surface area contributed by atoms with Crippen LogP contribution in [0.15, 0.2) is 36.4 Å². The number of methoxy groups -OCH3 is 1. The van der Waals surface area contributed by atoms with Crippen LogP contribution < -0.4 is 4.74 Å². The first-order valence-corrected chi connectivity index (χ1v) is 11.6. The van der Waals surface area contributed by atoms with E-state index in [9.17, 15) is 13.6 Å². The van der Waals surface area contributed by atoms with E-state index in [1.165, 1.54) is 49.8 Å². The Morgan fingerprint density at radius 2 is 1.53 bits per heavy atom. The molecular weight excluding hydrogens is 504 g/mol. The van der Waals surface area contributed by atoms with Crippen molar-refractivity contribution in [3.63, 3.8) is 0 Å². The van der Waals surface area contributed by atoms with Gasteiger partial charge >= 0.3 is 17.8 Å². The van der Waals surface area contributed by atoms with Crippen molar-refractivity contribution in [1.82, 2.24) is 4.57 Å². The molecule has 2 aromatic carbocycles. The molecule has 0 fully saturated rings. The highest BCUT2D eigenvalue weighted by atomic mass is 32.1. The van der Waals surface area contributed by atoms with E-state index < -0.39 is 28.9 Å². The summed E-state index contributed by atoms with van der Waals surface area (Å²) < 4.78 is 99.3. The van der Waals surface area contributed by atoms with Crippen molar-refractivity contribution >= 4 is 49.8 Å². The number of aryl methyl sites for hydroxylation is 2. The standard InChI is InChI=1S/C26H19F6NO2S/c1-12-20(17-10-15(35-4)6-8-18(17)33(12)3)22-23(25(29,30)26(31,32)24(22,27)28)21-13(2)36-19-9-14(11-34)5-7-16(19)21/h5-11H,1-4H3. The van der Waals surface area contributed by atoms with Crippen LogP contribution >= 0.6 is 11.3 Å². The van der Waals surface area contributed by atoms with Crippen LogP contribution in [0.1, 0.15) is 32.1 Å². The van der Waals surface area contributed by atoms with E-state index in [2.05, 4.69) is 0 Å². The molecule has 5 rings (SSSR count). The van der Waals surface area contributed by atoms with Gasteiger partial charge in [-0.05, 0) is 38.1 Å². The molecule has 0 saturated heterocycles. The molecule has 1 aliphatic rings. The summed E-state index contributed by atoms with van der Waals surface area (Å²) in [5.41, 5.74) is -2.80. The Morgan fingerprint density at radius 1 is 0.889 bits per heavy atom. The number of aldehydes is 1. The van der Waals surface area contributed by atoms with Crippen molar-refractivity contribution in [3.8, 4) is 5.75 Å². The second-order valence-electron chi connectivity index (χ2n) is 8.78. The fourth-order valence-corrected chi connectivity index (χ4v) is 6.12. The zero-order valence-corrected chi connectivity index (χ0v) is 20.3. The van der Waals surface area contributed by atoms with Crippen LogP contribution in [0.25, 0.3) is 32.1 Å². The largest absolute Gasteiger partial charge is 0.497 e. The molecule has 0 aliphatic heterocycles. The van der Waals surface area contributed by atoms with E-state index in [1.54, 1.807) is 19.2 Å². The number of carbonyl (C=O) groups excluding carboxylic acids is 1. The van der Waals surface area contributed by atoms with E-state index in [4.69, 9.17) is 4.74 Å². The number of nitrogens with zero attached hydrogens (tertiary/aromatic N) is 1. The highest BCUT2D eigenvalue weighted by molar-refractivity contribution is 7.19. The third kappa shape index (κ3) is 2.90. The number of ether oxygens (including phenoxy) is 1. The zero-order valence-electron chi connectivity index (χ0n) is 19.5. The van der Waals surface area contributed by atoms with E-state index in [0.29, 0.717) is 16.5 Å². The fourth-order valence-electron chi connectivity index (χ4n) is 5.00. The predicted octanol–water partition coefficient (Wildman–Crippen LogP) is 7.66. The molecule has 36 heavy (non-hydrogen) atoms. The molecule has 0 spiro atoms. The van der Waals surface area contributed by atoms with Crippen molar-refractivity contribution in [2.24, 2.45) is 7.05 Å². The first-order valence-electron chi connectivity index (χ1n) is 10.8. The number of thiophene rings is 1. The highest BCUT2D eigenvalue weighted by Crippen LogP contribution is 2.66. The summed E-state index contributed by atoms with van der Waals surface area (Å²) in [5, 5.41) is 0.190. The Balaban J connectivity index is 2.00. The van der Waals surface area contributed by atoms with Gasteiger partial charge in [0, 0.05) is 66.4 Å². The molecule has 1 aliphatic carbocycles. The van der Waals surface area contributed by atoms with Crippen LogP contribution in [-0.4, -0.2) is 35.7 Å². The van der Waals surface area contributed by atoms with Gasteiger partial charge in [-0.25, -0.2) is 0 Å². The van der Waals surface area contributed by atoms with Gasteiger partial charge in [-0.3, -0.25) is 4.79 Å². The number of allylic oxidation sites excluding steroid dienone is 2. The van der Waals surface area contributed by atoms with Crippen LogP contribution in [0.2, 0.25) is 0 Å². The topological polar surface area (TPSA) is 31.2 Å². The summed E-state index contributed by atoms with van der Waals surface area (Å²) in [6, 6.07) is 8.58. The molecule has 188 valence electrons. The number of carbonyl (C=O) groups is 1. The Labute approximate surface area is 205 Å². The summed E-state index contributed by atoms with van der Waals surface area (Å²) >= 11 is 0.971. The molecule has 0 bridgehead atoms. The summed E-state index contributed by atoms with van der Waals surface area (Å²) in [6.07, 6.45) is 0.554. The van der Waals surface area contributed by atoms with Gasteiger partial charge in [0.25, 0.3) is 0 Å². The number of rotatable bonds is 4. The molecule has 0 saturated carbocycles. The fraction of sp³-hybridized carbons (Fsp3) is 0.269. The minimum atomic E-state index is -5.68. The quantitative estimate of drug-likeness (QED) is 0.203. The van der Waals surface area contributed by atoms with Crippen LogP contribution in [-0.2, 0) is 7.05 Å². The van der Waals surface area contributed by atoms with Crippen molar-refractivity contribution in [2.75, 3.05) is 7.11 Å². The van der Waals surface area contributed by atoms with Gasteiger partial charge in [-0.15, -0.1) is 11.3 Å². The van der Waals surface area contributed by atoms with E-state index in [1.807, 2.05) is 0 Å². The monoisotopic (exact) mass is 523 g/mol. The second kappa shape index (κ2) is 7.61. The average Bonchev–Trinajstić information content (AvgIpc) is 3.31. The average molecular weight is 523 g/mol. The summed E-state index contributed by atoms with van der Waals surface area (Å²) in [6.45, 7) is 2.83. The number of fused-ring (bicyclic) bond motifs is 2. The molecule has 0 radical (unpaired) electrons. The van der Waals surface area contributed by atoms with Gasteiger partial charge in [0.1, 0.15) is 12.0 Å². The summed E-state index contributed by atoms with van der Waals surface area (Å²) in [7, 11) is 2.89. The zero-order chi connectivity index (χ0) is 26.4. The lowest BCUT2D eigenvalue weighted by molar-refractivity contribution is -0.254. The SMILES string of the molecule is COc1ccc2c(c1)c(C1=C(c3c(C)sc4cc(C=O)ccc34)C(F)(F)C(F)(F)C1(F)F)c(C)n2C. The van der Waals surface area contributed by atoms with Gasteiger partial charge in [0.15, 0.2) is 0 Å².